The molecule has 0 bridgehead atoms. The van der Waals surface area contributed by atoms with Crippen LogP contribution in [0.3, 0.4) is 0 Å². The van der Waals surface area contributed by atoms with E-state index in [4.69, 9.17) is 8.83 Å². The second kappa shape index (κ2) is 11.5. The standard InChI is InChI=1S/C53H35NO2/c1-53(2)43-20-9-7-17-38(43)39-28-27-36(31-44(39)53)54(46-22-11-19-41-40-18-8-10-23-47(40)55-51(41)46)45-21-12-24-48-50(45)42-30-34-15-5-6-16-37(34)49(52(42)56-48)35-26-25-32-13-3-4-14-33(32)29-35/h3-31H,1-2H3. The number of hydrogen-bond donors (Lipinski definition) is 0. The summed E-state index contributed by atoms with van der Waals surface area (Å²) in [5.41, 5.74) is 13.9. The van der Waals surface area contributed by atoms with E-state index in [1.807, 2.05) is 6.07 Å². The summed E-state index contributed by atoms with van der Waals surface area (Å²) < 4.78 is 13.8. The van der Waals surface area contributed by atoms with Crippen molar-refractivity contribution in [3.05, 3.63) is 187 Å². The van der Waals surface area contributed by atoms with Crippen LogP contribution in [0.15, 0.2) is 185 Å². The van der Waals surface area contributed by atoms with E-state index in [1.54, 1.807) is 0 Å². The Bertz CT molecular complexity index is 3420. The van der Waals surface area contributed by atoms with Crippen LogP contribution in [0.1, 0.15) is 25.0 Å². The van der Waals surface area contributed by atoms with Crippen molar-refractivity contribution < 1.29 is 8.83 Å². The van der Waals surface area contributed by atoms with Crippen LogP contribution in [0.2, 0.25) is 0 Å². The van der Waals surface area contributed by atoms with Gasteiger partial charge in [0.15, 0.2) is 5.58 Å². The molecule has 1 aliphatic rings. The number of nitrogens with zero attached hydrogens (tertiary/aromatic N) is 1. The molecule has 2 heterocycles. The first kappa shape index (κ1) is 31.3. The zero-order valence-electron chi connectivity index (χ0n) is 31.0. The molecule has 0 saturated carbocycles. The van der Waals surface area contributed by atoms with Crippen LogP contribution in [-0.4, -0.2) is 0 Å². The maximum absolute atomic E-state index is 7.06. The van der Waals surface area contributed by atoms with E-state index in [0.29, 0.717) is 0 Å². The van der Waals surface area contributed by atoms with Crippen molar-refractivity contribution in [1.82, 2.24) is 0 Å². The van der Waals surface area contributed by atoms with Crippen LogP contribution in [-0.2, 0) is 5.41 Å². The van der Waals surface area contributed by atoms with Crippen molar-refractivity contribution in [3.63, 3.8) is 0 Å². The molecule has 0 radical (unpaired) electrons. The molecular weight excluding hydrogens is 683 g/mol. The summed E-state index contributed by atoms with van der Waals surface area (Å²) in [7, 11) is 0. The van der Waals surface area contributed by atoms with Gasteiger partial charge in [-0.2, -0.15) is 0 Å². The zero-order chi connectivity index (χ0) is 37.1. The van der Waals surface area contributed by atoms with E-state index in [9.17, 15) is 0 Å². The minimum Gasteiger partial charge on any atom is -0.455 e. The Morgan fingerprint density at radius 2 is 1.11 bits per heavy atom. The van der Waals surface area contributed by atoms with Gasteiger partial charge in [0.2, 0.25) is 0 Å². The van der Waals surface area contributed by atoms with Gasteiger partial charge in [-0.05, 0) is 97.9 Å². The average Bonchev–Trinajstić information content (AvgIpc) is 3.88. The van der Waals surface area contributed by atoms with Gasteiger partial charge < -0.3 is 13.7 Å². The first-order chi connectivity index (χ1) is 27.5. The maximum Gasteiger partial charge on any atom is 0.159 e. The van der Waals surface area contributed by atoms with Gasteiger partial charge in [-0.3, -0.25) is 0 Å². The molecule has 3 nitrogen and oxygen atoms in total. The van der Waals surface area contributed by atoms with E-state index in [-0.39, 0.29) is 5.41 Å². The van der Waals surface area contributed by atoms with Crippen LogP contribution in [0.5, 0.6) is 0 Å². The van der Waals surface area contributed by atoms with Crippen LogP contribution in [0.25, 0.3) is 87.7 Å². The van der Waals surface area contributed by atoms with E-state index in [2.05, 4.69) is 189 Å². The zero-order valence-corrected chi connectivity index (χ0v) is 31.0. The number of anilines is 3. The van der Waals surface area contributed by atoms with Gasteiger partial charge in [0.1, 0.15) is 16.7 Å². The molecule has 1 aliphatic carbocycles. The summed E-state index contributed by atoms with van der Waals surface area (Å²) in [5, 5.41) is 9.09. The van der Waals surface area contributed by atoms with Crippen LogP contribution < -0.4 is 4.90 Å². The van der Waals surface area contributed by atoms with Crippen LogP contribution in [0.4, 0.5) is 17.1 Å². The second-order valence-corrected chi connectivity index (χ2v) is 15.7. The highest BCUT2D eigenvalue weighted by molar-refractivity contribution is 6.23. The molecule has 0 aliphatic heterocycles. The lowest BCUT2D eigenvalue weighted by molar-refractivity contribution is 0.660. The first-order valence-corrected chi connectivity index (χ1v) is 19.3. The van der Waals surface area contributed by atoms with E-state index >= 15 is 0 Å². The monoisotopic (exact) mass is 717 g/mol. The van der Waals surface area contributed by atoms with Gasteiger partial charge in [0, 0.05) is 32.8 Å². The van der Waals surface area contributed by atoms with Gasteiger partial charge in [-0.15, -0.1) is 0 Å². The summed E-state index contributed by atoms with van der Waals surface area (Å²) in [5.74, 6) is 0. The highest BCUT2D eigenvalue weighted by Crippen LogP contribution is 2.53. The Labute approximate surface area is 323 Å². The maximum atomic E-state index is 7.06. The fraction of sp³-hybridized carbons (Fsp3) is 0.0566. The summed E-state index contributed by atoms with van der Waals surface area (Å²) in [4.78, 5) is 2.40. The molecule has 3 heteroatoms. The van der Waals surface area contributed by atoms with Crippen molar-refractivity contribution in [2.75, 3.05) is 4.90 Å². The highest BCUT2D eigenvalue weighted by atomic mass is 16.3. The normalized spacial score (nSPS) is 13.3. The lowest BCUT2D eigenvalue weighted by atomic mass is 9.82. The molecule has 0 fully saturated rings. The molecule has 56 heavy (non-hydrogen) atoms. The number of furan rings is 2. The van der Waals surface area contributed by atoms with Gasteiger partial charge in [-0.25, -0.2) is 0 Å². The van der Waals surface area contributed by atoms with Crippen molar-refractivity contribution >= 4 is 82.5 Å². The third-order valence-electron chi connectivity index (χ3n) is 12.2. The molecular formula is C53H35NO2. The number of para-hydroxylation sites is 2. The largest absolute Gasteiger partial charge is 0.455 e. The SMILES string of the molecule is CC1(C)c2ccccc2-c2ccc(N(c3cccc4c3oc3ccccc34)c3cccc4oc5c(-c6ccc7ccccc7c6)c6ccccc6cc5c34)cc21. The highest BCUT2D eigenvalue weighted by Gasteiger charge is 2.36. The van der Waals surface area contributed by atoms with Crippen molar-refractivity contribution in [2.24, 2.45) is 0 Å². The van der Waals surface area contributed by atoms with E-state index < -0.39 is 0 Å². The third kappa shape index (κ3) is 4.34. The molecule has 12 rings (SSSR count). The molecule has 0 saturated heterocycles. The quantitative estimate of drug-likeness (QED) is 0.182. The predicted octanol–water partition coefficient (Wildman–Crippen LogP) is 15.2. The van der Waals surface area contributed by atoms with Crippen molar-refractivity contribution in [3.8, 4) is 22.3 Å². The molecule has 0 unspecified atom stereocenters. The Balaban J connectivity index is 1.18. The summed E-state index contributed by atoms with van der Waals surface area (Å²) in [6.45, 7) is 4.69. The van der Waals surface area contributed by atoms with Gasteiger partial charge in [0.25, 0.3) is 0 Å². The molecule has 0 spiro atoms. The second-order valence-electron chi connectivity index (χ2n) is 15.7. The molecule has 9 aromatic carbocycles. The number of benzene rings is 9. The number of rotatable bonds is 4. The Hall–Kier alpha value is -7.10. The molecule has 264 valence electrons. The molecule has 0 N–H and O–H groups in total. The predicted molar refractivity (Wildman–Crippen MR) is 234 cm³/mol. The summed E-state index contributed by atoms with van der Waals surface area (Å²) in [6, 6.07) is 63.4. The number of fused-ring (bicyclic) bond motifs is 11. The topological polar surface area (TPSA) is 29.5 Å². The van der Waals surface area contributed by atoms with Crippen molar-refractivity contribution in [2.45, 2.75) is 19.3 Å². The smallest absolute Gasteiger partial charge is 0.159 e. The third-order valence-corrected chi connectivity index (χ3v) is 12.2. The molecule has 11 aromatic rings. The van der Waals surface area contributed by atoms with Crippen LogP contribution in [0, 0.1) is 0 Å². The lowest BCUT2D eigenvalue weighted by Crippen LogP contribution is -2.16. The van der Waals surface area contributed by atoms with Gasteiger partial charge in [-0.1, -0.05) is 141 Å². The minimum atomic E-state index is -0.166. The van der Waals surface area contributed by atoms with Gasteiger partial charge >= 0.3 is 0 Å². The summed E-state index contributed by atoms with van der Waals surface area (Å²) >= 11 is 0. The average molecular weight is 718 g/mol. The van der Waals surface area contributed by atoms with Crippen molar-refractivity contribution in [1.29, 1.82) is 0 Å². The number of hydrogen-bond acceptors (Lipinski definition) is 3. The van der Waals surface area contributed by atoms with Crippen LogP contribution >= 0.6 is 0 Å². The minimum absolute atomic E-state index is 0.166. The fourth-order valence-electron chi connectivity index (χ4n) is 9.57. The molecule has 2 aromatic heterocycles. The lowest BCUT2D eigenvalue weighted by Gasteiger charge is -2.28. The first-order valence-electron chi connectivity index (χ1n) is 19.3. The van der Waals surface area contributed by atoms with E-state index in [1.165, 1.54) is 43.8 Å². The van der Waals surface area contributed by atoms with E-state index in [0.717, 1.165) is 72.1 Å². The molecule has 0 atom stereocenters. The molecule has 0 amide bonds. The fourth-order valence-corrected chi connectivity index (χ4v) is 9.57. The Morgan fingerprint density at radius 3 is 2.02 bits per heavy atom. The van der Waals surface area contributed by atoms with Gasteiger partial charge in [0.05, 0.1) is 16.8 Å². The summed E-state index contributed by atoms with van der Waals surface area (Å²) in [6.07, 6.45) is 0. The Morgan fingerprint density at radius 1 is 0.429 bits per heavy atom. The Kier molecular flexibility index (Phi) is 6.40.